The van der Waals surface area contributed by atoms with E-state index >= 15 is 0 Å². The summed E-state index contributed by atoms with van der Waals surface area (Å²) in [6.45, 7) is 1.84. The van der Waals surface area contributed by atoms with E-state index in [0.29, 0.717) is 5.56 Å². The molecule has 2 rings (SSSR count). The Labute approximate surface area is 124 Å². The predicted molar refractivity (Wildman–Crippen MR) is 79.9 cm³/mol. The second-order valence-corrected chi connectivity index (χ2v) is 5.58. The molecule has 114 valence electrons. The fourth-order valence-electron chi connectivity index (χ4n) is 2.59. The molecule has 5 nitrogen and oxygen atoms in total. The molecule has 1 aromatic rings. The molecule has 0 aliphatic heterocycles. The van der Waals surface area contributed by atoms with Crippen LogP contribution in [0.15, 0.2) is 24.3 Å². The zero-order chi connectivity index (χ0) is 15.2. The zero-order valence-corrected chi connectivity index (χ0v) is 12.3. The number of hydrogen-bond acceptors (Lipinski definition) is 3. The minimum Gasteiger partial charge on any atom is -0.391 e. The lowest BCUT2D eigenvalue weighted by Gasteiger charge is -2.28. The SMILES string of the molecule is Cc1cccc(C(=O)NCC(=O)NC2CCCCC2O)c1. The summed E-state index contributed by atoms with van der Waals surface area (Å²) < 4.78 is 0. The van der Waals surface area contributed by atoms with E-state index in [2.05, 4.69) is 10.6 Å². The first-order valence-electron chi connectivity index (χ1n) is 7.38. The molecule has 0 heterocycles. The smallest absolute Gasteiger partial charge is 0.251 e. The van der Waals surface area contributed by atoms with Crippen LogP contribution in [0.5, 0.6) is 0 Å². The van der Waals surface area contributed by atoms with Crippen molar-refractivity contribution in [3.8, 4) is 0 Å². The number of aryl methyl sites for hydroxylation is 1. The summed E-state index contributed by atoms with van der Waals surface area (Å²) in [5.74, 6) is -0.528. The third-order valence-electron chi connectivity index (χ3n) is 3.77. The molecule has 2 unspecified atom stereocenters. The van der Waals surface area contributed by atoms with Crippen molar-refractivity contribution in [3.63, 3.8) is 0 Å². The molecule has 1 aliphatic carbocycles. The number of nitrogens with one attached hydrogen (secondary N) is 2. The first-order chi connectivity index (χ1) is 10.1. The normalized spacial score (nSPS) is 21.6. The Balaban J connectivity index is 1.79. The van der Waals surface area contributed by atoms with Crippen LogP contribution in [0.25, 0.3) is 0 Å². The Hall–Kier alpha value is -1.88. The van der Waals surface area contributed by atoms with Crippen LogP contribution in [-0.2, 0) is 4.79 Å². The third-order valence-corrected chi connectivity index (χ3v) is 3.77. The number of hydrogen-bond donors (Lipinski definition) is 3. The summed E-state index contributed by atoms with van der Waals surface area (Å²) in [7, 11) is 0. The fourth-order valence-corrected chi connectivity index (χ4v) is 2.59. The molecule has 0 spiro atoms. The van der Waals surface area contributed by atoms with E-state index in [-0.39, 0.29) is 24.4 Å². The van der Waals surface area contributed by atoms with Crippen molar-refractivity contribution < 1.29 is 14.7 Å². The lowest BCUT2D eigenvalue weighted by atomic mass is 9.92. The van der Waals surface area contributed by atoms with Gasteiger partial charge in [0.05, 0.1) is 18.7 Å². The van der Waals surface area contributed by atoms with Gasteiger partial charge in [-0.1, -0.05) is 30.5 Å². The fraction of sp³-hybridized carbons (Fsp3) is 0.500. The van der Waals surface area contributed by atoms with E-state index < -0.39 is 6.10 Å². The largest absolute Gasteiger partial charge is 0.391 e. The highest BCUT2D eigenvalue weighted by atomic mass is 16.3. The monoisotopic (exact) mass is 290 g/mol. The van der Waals surface area contributed by atoms with Crippen LogP contribution in [0, 0.1) is 6.92 Å². The lowest BCUT2D eigenvalue weighted by Crippen LogP contribution is -2.48. The molecular formula is C16H22N2O3. The molecule has 0 aromatic heterocycles. The third kappa shape index (κ3) is 4.56. The van der Waals surface area contributed by atoms with Gasteiger partial charge in [-0.3, -0.25) is 9.59 Å². The second-order valence-electron chi connectivity index (χ2n) is 5.58. The number of aliphatic hydroxyl groups excluding tert-OH is 1. The van der Waals surface area contributed by atoms with Gasteiger partial charge in [-0.25, -0.2) is 0 Å². The summed E-state index contributed by atoms with van der Waals surface area (Å²) in [4.78, 5) is 23.7. The van der Waals surface area contributed by atoms with Crippen LogP contribution in [0.2, 0.25) is 0 Å². The predicted octanol–water partition coefficient (Wildman–Crippen LogP) is 1.14. The average molecular weight is 290 g/mol. The maximum Gasteiger partial charge on any atom is 0.251 e. The van der Waals surface area contributed by atoms with Gasteiger partial charge >= 0.3 is 0 Å². The van der Waals surface area contributed by atoms with E-state index in [4.69, 9.17) is 0 Å². The molecule has 1 aliphatic rings. The Morgan fingerprint density at radius 1 is 1.29 bits per heavy atom. The Morgan fingerprint density at radius 3 is 2.76 bits per heavy atom. The molecule has 0 bridgehead atoms. The highest BCUT2D eigenvalue weighted by molar-refractivity contribution is 5.96. The summed E-state index contributed by atoms with van der Waals surface area (Å²) in [5.41, 5.74) is 1.54. The molecule has 0 radical (unpaired) electrons. The van der Waals surface area contributed by atoms with Crippen LogP contribution in [-0.4, -0.2) is 35.6 Å². The molecule has 1 aromatic carbocycles. The number of aliphatic hydroxyl groups is 1. The maximum atomic E-state index is 11.9. The van der Waals surface area contributed by atoms with E-state index in [1.165, 1.54) is 0 Å². The first-order valence-corrected chi connectivity index (χ1v) is 7.38. The Kier molecular flexibility index (Phi) is 5.33. The first kappa shape index (κ1) is 15.5. The molecule has 21 heavy (non-hydrogen) atoms. The van der Waals surface area contributed by atoms with Crippen LogP contribution in [0.1, 0.15) is 41.6 Å². The Bertz CT molecular complexity index is 516. The summed E-state index contributed by atoms with van der Waals surface area (Å²) in [6, 6.07) is 7.02. The molecule has 2 atom stereocenters. The van der Waals surface area contributed by atoms with Gasteiger partial charge in [0.15, 0.2) is 0 Å². The number of carbonyl (C=O) groups is 2. The minimum absolute atomic E-state index is 0.0734. The zero-order valence-electron chi connectivity index (χ0n) is 12.3. The van der Waals surface area contributed by atoms with Gasteiger partial charge < -0.3 is 15.7 Å². The van der Waals surface area contributed by atoms with Gasteiger partial charge in [0.2, 0.25) is 5.91 Å². The minimum atomic E-state index is -0.477. The van der Waals surface area contributed by atoms with Crippen molar-refractivity contribution in [3.05, 3.63) is 35.4 Å². The summed E-state index contributed by atoms with van der Waals surface area (Å²) >= 11 is 0. The molecule has 0 saturated heterocycles. The van der Waals surface area contributed by atoms with Crippen molar-refractivity contribution >= 4 is 11.8 Å². The van der Waals surface area contributed by atoms with Crippen LogP contribution >= 0.6 is 0 Å². The molecular weight excluding hydrogens is 268 g/mol. The van der Waals surface area contributed by atoms with Crippen molar-refractivity contribution in [2.75, 3.05) is 6.54 Å². The molecule has 1 fully saturated rings. The van der Waals surface area contributed by atoms with Gasteiger partial charge in [0.25, 0.3) is 5.91 Å². The molecule has 5 heteroatoms. The van der Waals surface area contributed by atoms with E-state index in [0.717, 1.165) is 31.2 Å². The summed E-state index contributed by atoms with van der Waals surface area (Å²) in [6.07, 6.45) is 3.05. The standard InChI is InChI=1S/C16H22N2O3/c1-11-5-4-6-12(9-11)16(21)17-10-15(20)18-13-7-2-3-8-14(13)19/h4-6,9,13-14,19H,2-3,7-8,10H2,1H3,(H,17,21)(H,18,20). The van der Waals surface area contributed by atoms with E-state index in [9.17, 15) is 14.7 Å². The quantitative estimate of drug-likeness (QED) is 0.778. The number of rotatable bonds is 4. The highest BCUT2D eigenvalue weighted by Gasteiger charge is 2.24. The van der Waals surface area contributed by atoms with Crippen LogP contribution in [0.3, 0.4) is 0 Å². The van der Waals surface area contributed by atoms with Crippen molar-refractivity contribution in [2.45, 2.75) is 44.8 Å². The van der Waals surface area contributed by atoms with Gasteiger partial charge in [-0.15, -0.1) is 0 Å². The van der Waals surface area contributed by atoms with Crippen molar-refractivity contribution in [2.24, 2.45) is 0 Å². The van der Waals surface area contributed by atoms with Gasteiger partial charge in [0, 0.05) is 5.56 Å². The van der Waals surface area contributed by atoms with Crippen molar-refractivity contribution in [1.29, 1.82) is 0 Å². The number of benzene rings is 1. The van der Waals surface area contributed by atoms with E-state index in [1.54, 1.807) is 12.1 Å². The van der Waals surface area contributed by atoms with Gasteiger partial charge in [-0.2, -0.15) is 0 Å². The van der Waals surface area contributed by atoms with Crippen LogP contribution < -0.4 is 10.6 Å². The summed E-state index contributed by atoms with van der Waals surface area (Å²) in [5, 5.41) is 15.2. The van der Waals surface area contributed by atoms with Crippen molar-refractivity contribution in [1.82, 2.24) is 10.6 Å². The average Bonchev–Trinajstić information content (AvgIpc) is 2.47. The topological polar surface area (TPSA) is 78.4 Å². The van der Waals surface area contributed by atoms with Gasteiger partial charge in [-0.05, 0) is 31.9 Å². The second kappa shape index (κ2) is 7.22. The maximum absolute atomic E-state index is 11.9. The van der Waals surface area contributed by atoms with Crippen LogP contribution in [0.4, 0.5) is 0 Å². The number of carbonyl (C=O) groups excluding carboxylic acids is 2. The molecule has 2 amide bonds. The molecule has 3 N–H and O–H groups in total. The van der Waals surface area contributed by atoms with Gasteiger partial charge in [0.1, 0.15) is 0 Å². The van der Waals surface area contributed by atoms with E-state index in [1.807, 2.05) is 19.1 Å². The lowest BCUT2D eigenvalue weighted by molar-refractivity contribution is -0.122. The Morgan fingerprint density at radius 2 is 2.05 bits per heavy atom. The highest BCUT2D eigenvalue weighted by Crippen LogP contribution is 2.18. The molecule has 1 saturated carbocycles. The number of amides is 2.